The molecule has 0 N–H and O–H groups in total. The van der Waals surface area contributed by atoms with Gasteiger partial charge in [0.25, 0.3) is 0 Å². The zero-order chi connectivity index (χ0) is 66.1. The molecule has 96 heavy (non-hydrogen) atoms. The van der Waals surface area contributed by atoms with Crippen LogP contribution >= 0.6 is 0 Å². The molecular formula is C85H73N11+4. The Balaban J connectivity index is 0.000000116. The predicted molar refractivity (Wildman–Crippen MR) is 387 cm³/mol. The Morgan fingerprint density at radius 3 is 1.02 bits per heavy atom. The van der Waals surface area contributed by atoms with E-state index in [2.05, 4.69) is 340 Å². The number of benzene rings is 8. The van der Waals surface area contributed by atoms with Crippen molar-refractivity contribution in [2.24, 2.45) is 28.2 Å². The molecule has 0 aliphatic carbocycles. The van der Waals surface area contributed by atoms with Gasteiger partial charge in [0, 0.05) is 107 Å². The average molecular weight is 1250 g/mol. The van der Waals surface area contributed by atoms with Crippen LogP contribution in [-0.4, -0.2) is 34.9 Å². The summed E-state index contributed by atoms with van der Waals surface area (Å²) < 4.78 is 8.77. The third-order valence-electron chi connectivity index (χ3n) is 17.7. The smallest absolute Gasteiger partial charge is 0.213 e. The van der Waals surface area contributed by atoms with Crippen molar-refractivity contribution in [3.63, 3.8) is 0 Å². The van der Waals surface area contributed by atoms with Gasteiger partial charge in [-0.1, -0.05) is 146 Å². The SMILES string of the molecule is Cc1ccccc1-c1cc2cccc(-c3ccncc3)c2c[n+]1C.Cc1ccccc1-c1cc2cccc(-c3ccncn3)c2c[n+]1C.Cc1ccccc1-c1cc2cccc(-c3cnccn3)c2c[n+]1C.Cc1ccccc1-c1cc2cccc(-c3ncccn3)c2c[n+]1C. The highest BCUT2D eigenvalue weighted by molar-refractivity contribution is 5.99. The largest absolute Gasteiger partial charge is 0.265 e. The second-order valence-corrected chi connectivity index (χ2v) is 24.1. The Bertz CT molecular complexity index is 4770. The fourth-order valence-electron chi connectivity index (χ4n) is 12.7. The van der Waals surface area contributed by atoms with Gasteiger partial charge in [0.1, 0.15) is 34.5 Å². The third-order valence-corrected chi connectivity index (χ3v) is 17.7. The maximum atomic E-state index is 4.45. The lowest BCUT2D eigenvalue weighted by Crippen LogP contribution is -2.30. The minimum absolute atomic E-state index is 0.756. The van der Waals surface area contributed by atoms with Gasteiger partial charge in [-0.15, -0.1) is 0 Å². The Kier molecular flexibility index (Phi) is 18.5. The van der Waals surface area contributed by atoms with Crippen molar-refractivity contribution in [1.29, 1.82) is 0 Å². The van der Waals surface area contributed by atoms with Crippen LogP contribution < -0.4 is 18.3 Å². The number of aryl methyl sites for hydroxylation is 8. The second-order valence-electron chi connectivity index (χ2n) is 24.1. The maximum Gasteiger partial charge on any atom is 0.213 e. The molecule has 11 nitrogen and oxygen atoms in total. The molecule has 0 atom stereocenters. The highest BCUT2D eigenvalue weighted by Gasteiger charge is 2.21. The van der Waals surface area contributed by atoms with Crippen LogP contribution in [0.2, 0.25) is 0 Å². The van der Waals surface area contributed by atoms with E-state index in [1.54, 1.807) is 37.3 Å². The molecule has 0 saturated heterocycles. The lowest BCUT2D eigenvalue weighted by atomic mass is 9.98. The topological polar surface area (TPSA) is 106 Å². The molecule has 0 amide bonds. The van der Waals surface area contributed by atoms with Gasteiger partial charge >= 0.3 is 0 Å². The van der Waals surface area contributed by atoms with Crippen molar-refractivity contribution in [1.82, 2.24) is 34.9 Å². The minimum Gasteiger partial charge on any atom is -0.265 e. The van der Waals surface area contributed by atoms with Crippen molar-refractivity contribution < 1.29 is 18.3 Å². The highest BCUT2D eigenvalue weighted by atomic mass is 14.9. The van der Waals surface area contributed by atoms with Gasteiger partial charge in [-0.05, 0) is 131 Å². The summed E-state index contributed by atoms with van der Waals surface area (Å²) in [5, 5.41) is 9.63. The molecule has 0 spiro atoms. The van der Waals surface area contributed by atoms with E-state index in [4.69, 9.17) is 0 Å². The van der Waals surface area contributed by atoms with Gasteiger partial charge in [0.05, 0.1) is 39.1 Å². The summed E-state index contributed by atoms with van der Waals surface area (Å²) in [4.78, 5) is 30.0. The van der Waals surface area contributed by atoms with Crippen LogP contribution in [0.4, 0.5) is 0 Å². The molecule has 8 aromatic carbocycles. The number of pyridine rings is 5. The summed E-state index contributed by atoms with van der Waals surface area (Å²) in [6.07, 6.45) is 24.6. The second kappa shape index (κ2) is 28.3. The molecule has 0 aliphatic heterocycles. The van der Waals surface area contributed by atoms with Crippen molar-refractivity contribution >= 4 is 43.1 Å². The van der Waals surface area contributed by atoms with E-state index in [1.807, 2.05) is 30.7 Å². The molecule has 0 fully saturated rings. The minimum atomic E-state index is 0.756. The number of rotatable bonds is 8. The lowest BCUT2D eigenvalue weighted by molar-refractivity contribution is -0.659. The molecule has 8 aromatic heterocycles. The van der Waals surface area contributed by atoms with Gasteiger partial charge in [-0.2, -0.15) is 0 Å². The van der Waals surface area contributed by atoms with Crippen molar-refractivity contribution in [3.8, 4) is 90.1 Å². The molecule has 464 valence electrons. The van der Waals surface area contributed by atoms with Crippen LogP contribution in [0.1, 0.15) is 22.3 Å². The highest BCUT2D eigenvalue weighted by Crippen LogP contribution is 2.34. The Morgan fingerprint density at radius 1 is 0.260 bits per heavy atom. The first-order valence-electron chi connectivity index (χ1n) is 32.1. The van der Waals surface area contributed by atoms with E-state index >= 15 is 0 Å². The molecule has 8 heterocycles. The van der Waals surface area contributed by atoms with E-state index in [1.165, 1.54) is 116 Å². The lowest BCUT2D eigenvalue weighted by Gasteiger charge is -2.09. The van der Waals surface area contributed by atoms with E-state index in [0.29, 0.717) is 0 Å². The van der Waals surface area contributed by atoms with Crippen LogP contribution in [0.25, 0.3) is 133 Å². The van der Waals surface area contributed by atoms with Crippen molar-refractivity contribution in [3.05, 3.63) is 321 Å². The summed E-state index contributed by atoms with van der Waals surface area (Å²) >= 11 is 0. The molecule has 0 aliphatic rings. The fraction of sp³-hybridized carbons (Fsp3) is 0.0941. The molecule has 0 radical (unpaired) electrons. The zero-order valence-corrected chi connectivity index (χ0v) is 55.2. The Hall–Kier alpha value is -12.2. The molecule has 0 bridgehead atoms. The fourth-order valence-corrected chi connectivity index (χ4v) is 12.7. The number of hydrogen-bond acceptors (Lipinski definition) is 7. The molecule has 11 heteroatoms. The first kappa shape index (κ1) is 62.6. The van der Waals surface area contributed by atoms with E-state index in [-0.39, 0.29) is 0 Å². The van der Waals surface area contributed by atoms with Gasteiger partial charge < -0.3 is 0 Å². The summed E-state index contributed by atoms with van der Waals surface area (Å²) in [5.74, 6) is 0.756. The normalized spacial score (nSPS) is 10.9. The standard InChI is InChI=1S/C22H19N2.3C21H18N3/c1-16-6-3-4-8-19(16)22-14-18-7-5-9-20(21(18)15-24(22)2)17-10-12-23-13-11-17;1-15-7-3-4-9-17(15)20-13-16-8-5-10-18(19(16)14-24(20)2)21-22-11-6-12-23-21;1-15-6-3-4-8-17(15)21-12-16-7-5-9-18(19(16)14-24(21)2)20-13-22-10-11-23-20;1-15-6-3-4-8-17(15)21-12-16-7-5-9-18(19(16)13-24(21)2)20-10-11-22-14-23-20/h3-15H,1-2H3;3*3-14H,1-2H3/q4*+1. The molecule has 0 saturated carbocycles. The molecule has 0 unspecified atom stereocenters. The molecule has 16 aromatic rings. The van der Waals surface area contributed by atoms with Crippen LogP contribution in [-0.2, 0) is 28.2 Å². The van der Waals surface area contributed by atoms with Crippen LogP contribution in [0.5, 0.6) is 0 Å². The van der Waals surface area contributed by atoms with Crippen molar-refractivity contribution in [2.45, 2.75) is 27.7 Å². The summed E-state index contributed by atoms with van der Waals surface area (Å²) in [6, 6.07) is 76.3. The predicted octanol–water partition coefficient (Wildman–Crippen LogP) is 17.0. The van der Waals surface area contributed by atoms with E-state index in [9.17, 15) is 0 Å². The van der Waals surface area contributed by atoms with Crippen molar-refractivity contribution in [2.75, 3.05) is 0 Å². The number of aromatic nitrogens is 11. The first-order chi connectivity index (χ1) is 46.9. The van der Waals surface area contributed by atoms with Crippen LogP contribution in [0.3, 0.4) is 0 Å². The van der Waals surface area contributed by atoms with E-state index < -0.39 is 0 Å². The van der Waals surface area contributed by atoms with Gasteiger partial charge in [0.15, 0.2) is 30.6 Å². The zero-order valence-electron chi connectivity index (χ0n) is 55.2. The van der Waals surface area contributed by atoms with Gasteiger partial charge in [0.2, 0.25) is 22.8 Å². The summed E-state index contributed by atoms with van der Waals surface area (Å²) in [5.41, 5.74) is 22.6. The average Bonchev–Trinajstić information content (AvgIpc) is 0.810. The van der Waals surface area contributed by atoms with Crippen LogP contribution in [0, 0.1) is 27.7 Å². The summed E-state index contributed by atoms with van der Waals surface area (Å²) in [7, 11) is 8.39. The number of hydrogen-bond donors (Lipinski definition) is 0. The van der Waals surface area contributed by atoms with E-state index in [0.717, 1.165) is 39.3 Å². The Morgan fingerprint density at radius 2 is 0.625 bits per heavy atom. The number of fused-ring (bicyclic) bond motifs is 4. The maximum absolute atomic E-state index is 4.45. The molecule has 16 rings (SSSR count). The third kappa shape index (κ3) is 13.4. The Labute approximate surface area is 560 Å². The molecular weight excluding hydrogens is 1180 g/mol. The summed E-state index contributed by atoms with van der Waals surface area (Å²) in [6.45, 7) is 8.60. The number of nitrogens with zero attached hydrogens (tertiary/aromatic N) is 11. The van der Waals surface area contributed by atoms with Gasteiger partial charge in [-0.3, -0.25) is 15.0 Å². The van der Waals surface area contributed by atoms with Crippen LogP contribution in [0.15, 0.2) is 299 Å². The monoisotopic (exact) mass is 1250 g/mol. The first-order valence-corrected chi connectivity index (χ1v) is 32.1. The quantitative estimate of drug-likeness (QED) is 0.140. The van der Waals surface area contributed by atoms with Gasteiger partial charge in [-0.25, -0.2) is 38.2 Å².